The molecule has 0 heterocycles. The van der Waals surface area contributed by atoms with Gasteiger partial charge in [-0.3, -0.25) is 4.79 Å². The van der Waals surface area contributed by atoms with E-state index in [0.29, 0.717) is 6.54 Å². The minimum absolute atomic E-state index is 0.00365. The van der Waals surface area contributed by atoms with Gasteiger partial charge in [0.2, 0.25) is 5.91 Å². The van der Waals surface area contributed by atoms with Gasteiger partial charge in [-0.25, -0.2) is 4.39 Å². The van der Waals surface area contributed by atoms with Crippen LogP contribution in [0.4, 0.5) is 4.39 Å². The second-order valence-electron chi connectivity index (χ2n) is 5.76. The Morgan fingerprint density at radius 2 is 2.10 bits per heavy atom. The minimum atomic E-state index is -0.239. The monoisotopic (exact) mass is 278 g/mol. The van der Waals surface area contributed by atoms with Crippen molar-refractivity contribution in [3.63, 3.8) is 0 Å². The summed E-state index contributed by atoms with van der Waals surface area (Å²) in [5.41, 5.74) is 0.890. The van der Waals surface area contributed by atoms with E-state index in [-0.39, 0.29) is 23.7 Å². The molecule has 0 aromatic heterocycles. The number of rotatable bonds is 5. The molecule has 1 fully saturated rings. The van der Waals surface area contributed by atoms with Gasteiger partial charge >= 0.3 is 0 Å². The van der Waals surface area contributed by atoms with Crippen LogP contribution in [0.1, 0.15) is 37.3 Å². The molecular weight excluding hydrogens is 255 g/mol. The van der Waals surface area contributed by atoms with E-state index in [9.17, 15) is 9.18 Å². The average molecular weight is 278 g/mol. The Morgan fingerprint density at radius 1 is 1.40 bits per heavy atom. The molecule has 20 heavy (non-hydrogen) atoms. The largest absolute Gasteiger partial charge is 0.354 e. The number of hydrogen-bond donors (Lipinski definition) is 1. The zero-order chi connectivity index (χ0) is 14.5. The van der Waals surface area contributed by atoms with Gasteiger partial charge in [0.25, 0.3) is 0 Å². The van der Waals surface area contributed by atoms with Crippen LogP contribution in [-0.2, 0) is 4.79 Å². The lowest BCUT2D eigenvalue weighted by molar-refractivity contribution is -0.125. The van der Waals surface area contributed by atoms with Crippen molar-refractivity contribution in [2.24, 2.45) is 5.92 Å². The van der Waals surface area contributed by atoms with Crippen LogP contribution in [0, 0.1) is 11.7 Å². The number of carbonyl (C=O) groups is 1. The van der Waals surface area contributed by atoms with Crippen LogP contribution in [0.3, 0.4) is 0 Å². The molecule has 0 aliphatic heterocycles. The number of carbonyl (C=O) groups excluding carboxylic acids is 1. The highest BCUT2D eigenvalue weighted by molar-refractivity contribution is 5.78. The maximum atomic E-state index is 13.3. The fourth-order valence-corrected chi connectivity index (χ4v) is 2.84. The third-order valence-electron chi connectivity index (χ3n) is 4.05. The molecular formula is C16H23FN2O. The Morgan fingerprint density at radius 3 is 2.70 bits per heavy atom. The highest BCUT2D eigenvalue weighted by Crippen LogP contribution is 2.25. The van der Waals surface area contributed by atoms with Crippen LogP contribution >= 0.6 is 0 Å². The molecule has 0 saturated heterocycles. The molecule has 0 spiro atoms. The van der Waals surface area contributed by atoms with Crippen molar-refractivity contribution in [2.75, 3.05) is 20.6 Å². The maximum absolute atomic E-state index is 13.3. The normalized spacial score (nSPS) is 17.4. The molecule has 110 valence electrons. The van der Waals surface area contributed by atoms with Crippen molar-refractivity contribution in [1.82, 2.24) is 10.2 Å². The second-order valence-corrected chi connectivity index (χ2v) is 5.76. The maximum Gasteiger partial charge on any atom is 0.223 e. The Balaban J connectivity index is 1.97. The van der Waals surface area contributed by atoms with E-state index in [1.54, 1.807) is 6.07 Å². The van der Waals surface area contributed by atoms with Crippen molar-refractivity contribution < 1.29 is 9.18 Å². The Kier molecular flexibility index (Phi) is 5.12. The molecule has 1 aliphatic rings. The van der Waals surface area contributed by atoms with Gasteiger partial charge in [0.05, 0.1) is 6.04 Å². The van der Waals surface area contributed by atoms with Gasteiger partial charge in [-0.2, -0.15) is 0 Å². The molecule has 1 atom stereocenters. The predicted octanol–water partition coefficient (Wildman–Crippen LogP) is 2.73. The van der Waals surface area contributed by atoms with Crippen LogP contribution in [0.25, 0.3) is 0 Å². The van der Waals surface area contributed by atoms with E-state index in [4.69, 9.17) is 0 Å². The zero-order valence-electron chi connectivity index (χ0n) is 12.2. The van der Waals surface area contributed by atoms with Crippen LogP contribution in [0.15, 0.2) is 24.3 Å². The fraction of sp³-hybridized carbons (Fsp3) is 0.562. The Labute approximate surface area is 120 Å². The van der Waals surface area contributed by atoms with E-state index in [2.05, 4.69) is 5.32 Å². The first-order valence-electron chi connectivity index (χ1n) is 7.27. The summed E-state index contributed by atoms with van der Waals surface area (Å²) in [6.45, 7) is 0.520. The molecule has 1 aliphatic carbocycles. The first kappa shape index (κ1) is 15.0. The van der Waals surface area contributed by atoms with Gasteiger partial charge in [0.1, 0.15) is 5.82 Å². The molecule has 0 bridgehead atoms. The second kappa shape index (κ2) is 6.84. The van der Waals surface area contributed by atoms with Gasteiger partial charge in [-0.05, 0) is 44.6 Å². The van der Waals surface area contributed by atoms with Crippen LogP contribution in [0.5, 0.6) is 0 Å². The summed E-state index contributed by atoms with van der Waals surface area (Å²) in [5.74, 6) is 0.0764. The third-order valence-corrected chi connectivity index (χ3v) is 4.05. The first-order chi connectivity index (χ1) is 9.58. The van der Waals surface area contributed by atoms with Crippen molar-refractivity contribution in [3.05, 3.63) is 35.6 Å². The smallest absolute Gasteiger partial charge is 0.223 e. The fourth-order valence-electron chi connectivity index (χ4n) is 2.84. The summed E-state index contributed by atoms with van der Waals surface area (Å²) in [6.07, 6.45) is 4.30. The number of nitrogens with one attached hydrogen (secondary N) is 1. The molecule has 1 aromatic carbocycles. The molecule has 1 unspecified atom stereocenters. The van der Waals surface area contributed by atoms with Gasteiger partial charge in [0.15, 0.2) is 0 Å². The van der Waals surface area contributed by atoms with Gasteiger partial charge in [-0.15, -0.1) is 0 Å². The Hall–Kier alpha value is -1.42. The summed E-state index contributed by atoms with van der Waals surface area (Å²) in [5, 5.41) is 3.02. The molecule has 4 heteroatoms. The zero-order valence-corrected chi connectivity index (χ0v) is 12.2. The number of likely N-dealkylation sites (N-methyl/N-ethyl adjacent to an activating group) is 1. The SMILES string of the molecule is CN(C)C(CNC(=O)C1CCCC1)c1cccc(F)c1. The standard InChI is InChI=1S/C16H23FN2O/c1-19(2)15(13-8-5-9-14(17)10-13)11-18-16(20)12-6-3-4-7-12/h5,8-10,12,15H,3-4,6-7,11H2,1-2H3,(H,18,20). The minimum Gasteiger partial charge on any atom is -0.354 e. The van der Waals surface area contributed by atoms with E-state index in [1.165, 1.54) is 12.1 Å². The van der Waals surface area contributed by atoms with Crippen molar-refractivity contribution >= 4 is 5.91 Å². The van der Waals surface area contributed by atoms with Gasteiger partial charge in [-0.1, -0.05) is 25.0 Å². The molecule has 1 aromatic rings. The molecule has 1 amide bonds. The van der Waals surface area contributed by atoms with Crippen LogP contribution < -0.4 is 5.32 Å². The number of amides is 1. The van der Waals surface area contributed by atoms with Gasteiger partial charge in [0, 0.05) is 12.5 Å². The lowest BCUT2D eigenvalue weighted by atomic mass is 10.0. The number of nitrogens with zero attached hydrogens (tertiary/aromatic N) is 1. The van der Waals surface area contributed by atoms with E-state index < -0.39 is 0 Å². The van der Waals surface area contributed by atoms with Crippen LogP contribution in [-0.4, -0.2) is 31.4 Å². The van der Waals surface area contributed by atoms with E-state index in [1.807, 2.05) is 25.1 Å². The summed E-state index contributed by atoms with van der Waals surface area (Å²) in [7, 11) is 3.88. The molecule has 1 saturated carbocycles. The van der Waals surface area contributed by atoms with Gasteiger partial charge < -0.3 is 10.2 Å². The quantitative estimate of drug-likeness (QED) is 0.898. The molecule has 0 radical (unpaired) electrons. The highest BCUT2D eigenvalue weighted by atomic mass is 19.1. The predicted molar refractivity (Wildman–Crippen MR) is 77.8 cm³/mol. The lowest BCUT2D eigenvalue weighted by Gasteiger charge is -2.25. The van der Waals surface area contributed by atoms with E-state index in [0.717, 1.165) is 31.2 Å². The summed E-state index contributed by atoms with van der Waals surface area (Å²) >= 11 is 0. The van der Waals surface area contributed by atoms with Crippen molar-refractivity contribution in [3.8, 4) is 0 Å². The van der Waals surface area contributed by atoms with Crippen LogP contribution in [0.2, 0.25) is 0 Å². The Bertz CT molecular complexity index is 456. The highest BCUT2D eigenvalue weighted by Gasteiger charge is 2.24. The number of halogens is 1. The first-order valence-corrected chi connectivity index (χ1v) is 7.27. The topological polar surface area (TPSA) is 32.3 Å². The summed E-state index contributed by atoms with van der Waals surface area (Å²) in [4.78, 5) is 14.1. The lowest BCUT2D eigenvalue weighted by Crippen LogP contribution is -2.37. The van der Waals surface area contributed by atoms with Crippen molar-refractivity contribution in [2.45, 2.75) is 31.7 Å². The summed E-state index contributed by atoms with van der Waals surface area (Å²) in [6, 6.07) is 6.57. The molecule has 2 rings (SSSR count). The molecule has 3 nitrogen and oxygen atoms in total. The molecule has 1 N–H and O–H groups in total. The summed E-state index contributed by atoms with van der Waals surface area (Å²) < 4.78 is 13.3. The average Bonchev–Trinajstić information content (AvgIpc) is 2.92. The van der Waals surface area contributed by atoms with E-state index >= 15 is 0 Å². The number of hydrogen-bond acceptors (Lipinski definition) is 2. The third kappa shape index (κ3) is 3.79. The number of benzene rings is 1. The van der Waals surface area contributed by atoms with Crippen molar-refractivity contribution in [1.29, 1.82) is 0 Å².